The fraction of sp³-hybridized carbons (Fsp3) is 0.462. The number of carboxylic acid groups (broad SMARTS) is 1. The Labute approximate surface area is 112 Å². The second-order valence-corrected chi connectivity index (χ2v) is 7.24. The largest absolute Gasteiger partial charge is 0.478 e. The number of nitrogens with zero attached hydrogens (tertiary/aromatic N) is 1. The van der Waals surface area contributed by atoms with Crippen molar-refractivity contribution in [3.05, 3.63) is 34.9 Å². The lowest BCUT2D eigenvalue weighted by atomic mass is 10.1. The topological polar surface area (TPSA) is 74.7 Å². The van der Waals surface area contributed by atoms with E-state index in [9.17, 15) is 13.2 Å². The maximum Gasteiger partial charge on any atom is 0.335 e. The molecular formula is C13H17NO4S. The molecule has 0 aliphatic carbocycles. The van der Waals surface area contributed by atoms with E-state index in [0.717, 1.165) is 17.7 Å². The molecule has 0 radical (unpaired) electrons. The summed E-state index contributed by atoms with van der Waals surface area (Å²) < 4.78 is 22.1. The van der Waals surface area contributed by atoms with Gasteiger partial charge in [-0.05, 0) is 36.2 Å². The Bertz CT molecular complexity index is 595. The lowest BCUT2D eigenvalue weighted by molar-refractivity contribution is 0.0696. The third-order valence-electron chi connectivity index (χ3n) is 3.23. The maximum absolute atomic E-state index is 11.1. The molecular weight excluding hydrogens is 266 g/mol. The summed E-state index contributed by atoms with van der Waals surface area (Å²) in [7, 11) is -2.91. The van der Waals surface area contributed by atoms with Crippen LogP contribution in [0.25, 0.3) is 0 Å². The smallest absolute Gasteiger partial charge is 0.335 e. The number of hydrogen-bond donors (Lipinski definition) is 1. The van der Waals surface area contributed by atoms with Crippen LogP contribution in [0.3, 0.4) is 0 Å². The molecule has 0 aromatic heterocycles. The third-order valence-corrected chi connectivity index (χ3v) is 4.26. The van der Waals surface area contributed by atoms with Crippen molar-refractivity contribution in [1.29, 1.82) is 0 Å². The molecule has 0 spiro atoms. The van der Waals surface area contributed by atoms with Crippen molar-refractivity contribution < 1.29 is 18.3 Å². The number of sulfone groups is 1. The molecule has 0 unspecified atom stereocenters. The second-order valence-electron chi connectivity index (χ2n) is 4.98. The van der Waals surface area contributed by atoms with Crippen LogP contribution in [0, 0.1) is 0 Å². The van der Waals surface area contributed by atoms with Gasteiger partial charge in [0.2, 0.25) is 0 Å². The van der Waals surface area contributed by atoms with Crippen molar-refractivity contribution in [2.24, 2.45) is 0 Å². The van der Waals surface area contributed by atoms with E-state index in [-0.39, 0.29) is 5.75 Å². The number of aromatic carboxylic acids is 1. The highest BCUT2D eigenvalue weighted by Crippen LogP contribution is 2.23. The van der Waals surface area contributed by atoms with Crippen molar-refractivity contribution in [3.8, 4) is 0 Å². The molecule has 5 nitrogen and oxygen atoms in total. The van der Waals surface area contributed by atoms with Crippen molar-refractivity contribution in [3.63, 3.8) is 0 Å². The number of benzene rings is 1. The zero-order chi connectivity index (χ0) is 14.0. The number of hydrogen-bond acceptors (Lipinski definition) is 4. The van der Waals surface area contributed by atoms with Crippen LogP contribution in [-0.4, -0.2) is 42.9 Å². The molecule has 1 aromatic carbocycles. The normalized spacial score (nSPS) is 15.4. The number of carbonyl (C=O) groups is 1. The Balaban J connectivity index is 1.95. The van der Waals surface area contributed by atoms with Crippen molar-refractivity contribution in [1.82, 2.24) is 4.90 Å². The van der Waals surface area contributed by atoms with Crippen LogP contribution >= 0.6 is 0 Å². The Kier molecular flexibility index (Phi) is 3.91. The van der Waals surface area contributed by atoms with Gasteiger partial charge in [0.05, 0.1) is 11.3 Å². The van der Waals surface area contributed by atoms with Crippen LogP contribution < -0.4 is 0 Å². The van der Waals surface area contributed by atoms with Gasteiger partial charge in [0, 0.05) is 19.3 Å². The molecule has 0 bridgehead atoms. The summed E-state index contributed by atoms with van der Waals surface area (Å²) in [5.74, 6) is -0.724. The summed E-state index contributed by atoms with van der Waals surface area (Å²) in [4.78, 5) is 13.0. The molecule has 1 aliphatic rings. The number of carboxylic acids is 1. The summed E-state index contributed by atoms with van der Waals surface area (Å²) in [6, 6.07) is 5.16. The van der Waals surface area contributed by atoms with Crippen molar-refractivity contribution in [2.75, 3.05) is 18.6 Å². The molecule has 0 saturated heterocycles. The first-order valence-corrected chi connectivity index (χ1v) is 8.16. The molecule has 0 atom stereocenters. The van der Waals surface area contributed by atoms with Gasteiger partial charge < -0.3 is 5.11 Å². The molecule has 0 saturated carbocycles. The number of rotatable bonds is 5. The summed E-state index contributed by atoms with van der Waals surface area (Å²) in [5.41, 5.74) is 2.46. The fourth-order valence-corrected chi connectivity index (χ4v) is 2.96. The van der Waals surface area contributed by atoms with E-state index >= 15 is 0 Å². The molecule has 0 fully saturated rings. The van der Waals surface area contributed by atoms with Crippen LogP contribution in [0.15, 0.2) is 18.2 Å². The van der Waals surface area contributed by atoms with Gasteiger partial charge in [-0.3, -0.25) is 4.90 Å². The molecule has 0 amide bonds. The maximum atomic E-state index is 11.1. The Morgan fingerprint density at radius 1 is 1.32 bits per heavy atom. The SMILES string of the molecule is CS(=O)(=O)CCCN1Cc2ccc(C(=O)O)cc2C1. The predicted molar refractivity (Wildman–Crippen MR) is 71.8 cm³/mol. The summed E-state index contributed by atoms with van der Waals surface area (Å²) in [6.07, 6.45) is 1.85. The average Bonchev–Trinajstić information content (AvgIpc) is 2.68. The van der Waals surface area contributed by atoms with Gasteiger partial charge >= 0.3 is 5.97 Å². The molecule has 1 N–H and O–H groups in total. The van der Waals surface area contributed by atoms with Gasteiger partial charge in [0.25, 0.3) is 0 Å². The van der Waals surface area contributed by atoms with Crippen LogP contribution in [0.1, 0.15) is 27.9 Å². The molecule has 1 aromatic rings. The minimum atomic E-state index is -2.91. The highest BCUT2D eigenvalue weighted by Gasteiger charge is 2.20. The van der Waals surface area contributed by atoms with E-state index in [0.29, 0.717) is 25.1 Å². The fourth-order valence-electron chi connectivity index (χ4n) is 2.31. The van der Waals surface area contributed by atoms with Gasteiger partial charge in [-0.25, -0.2) is 13.2 Å². The standard InChI is InChI=1S/C13H17NO4S/c1-19(17,18)6-2-5-14-8-11-4-3-10(13(15)16)7-12(11)9-14/h3-4,7H,2,5-6,8-9H2,1H3,(H,15,16). The molecule has 2 rings (SSSR count). The van der Waals surface area contributed by atoms with Crippen LogP contribution in [-0.2, 0) is 22.9 Å². The monoisotopic (exact) mass is 283 g/mol. The highest BCUT2D eigenvalue weighted by molar-refractivity contribution is 7.90. The Morgan fingerprint density at radius 2 is 2.00 bits per heavy atom. The lowest BCUT2D eigenvalue weighted by Crippen LogP contribution is -2.20. The zero-order valence-electron chi connectivity index (χ0n) is 10.8. The zero-order valence-corrected chi connectivity index (χ0v) is 11.6. The van der Waals surface area contributed by atoms with E-state index in [4.69, 9.17) is 5.11 Å². The third kappa shape index (κ3) is 3.78. The van der Waals surface area contributed by atoms with E-state index in [1.807, 2.05) is 6.07 Å². The Morgan fingerprint density at radius 3 is 2.63 bits per heavy atom. The molecule has 1 aliphatic heterocycles. The minimum absolute atomic E-state index is 0.195. The average molecular weight is 283 g/mol. The summed E-state index contributed by atoms with van der Waals surface area (Å²) in [5, 5.41) is 8.93. The quantitative estimate of drug-likeness (QED) is 0.877. The van der Waals surface area contributed by atoms with Gasteiger partial charge in [-0.2, -0.15) is 0 Å². The molecule has 6 heteroatoms. The highest BCUT2D eigenvalue weighted by atomic mass is 32.2. The second kappa shape index (κ2) is 5.30. The van der Waals surface area contributed by atoms with Gasteiger partial charge in [0.1, 0.15) is 9.84 Å². The van der Waals surface area contributed by atoms with Crippen LogP contribution in [0.4, 0.5) is 0 Å². The van der Waals surface area contributed by atoms with Crippen LogP contribution in [0.2, 0.25) is 0 Å². The Hall–Kier alpha value is -1.40. The van der Waals surface area contributed by atoms with Crippen molar-refractivity contribution >= 4 is 15.8 Å². The summed E-state index contributed by atoms with van der Waals surface area (Å²) in [6.45, 7) is 2.17. The van der Waals surface area contributed by atoms with Gasteiger partial charge in [-0.1, -0.05) is 6.07 Å². The summed E-state index contributed by atoms with van der Waals surface area (Å²) >= 11 is 0. The van der Waals surface area contributed by atoms with Gasteiger partial charge in [0.15, 0.2) is 0 Å². The van der Waals surface area contributed by atoms with E-state index < -0.39 is 15.8 Å². The molecule has 1 heterocycles. The molecule has 19 heavy (non-hydrogen) atoms. The first kappa shape index (κ1) is 14.0. The predicted octanol–water partition coefficient (Wildman–Crippen LogP) is 1.14. The van der Waals surface area contributed by atoms with Crippen LogP contribution in [0.5, 0.6) is 0 Å². The first-order chi connectivity index (χ1) is 8.85. The van der Waals surface area contributed by atoms with E-state index in [1.165, 1.54) is 6.26 Å². The van der Waals surface area contributed by atoms with Crippen molar-refractivity contribution in [2.45, 2.75) is 19.5 Å². The van der Waals surface area contributed by atoms with E-state index in [1.54, 1.807) is 12.1 Å². The lowest BCUT2D eigenvalue weighted by Gasteiger charge is -2.13. The minimum Gasteiger partial charge on any atom is -0.478 e. The van der Waals surface area contributed by atoms with Gasteiger partial charge in [-0.15, -0.1) is 0 Å². The molecule has 104 valence electrons. The first-order valence-electron chi connectivity index (χ1n) is 6.10. The van der Waals surface area contributed by atoms with E-state index in [2.05, 4.69) is 4.90 Å². The number of fused-ring (bicyclic) bond motifs is 1.